The molecular formula is C10H19NO4. The second kappa shape index (κ2) is 7.09. The van der Waals surface area contributed by atoms with E-state index < -0.39 is 12.1 Å². The van der Waals surface area contributed by atoms with Gasteiger partial charge in [-0.25, -0.2) is 4.79 Å². The molecule has 0 aromatic rings. The molecule has 0 fully saturated rings. The van der Waals surface area contributed by atoms with Gasteiger partial charge in [-0.15, -0.1) is 0 Å². The third kappa shape index (κ3) is 6.76. The Morgan fingerprint density at radius 1 is 1.27 bits per heavy atom. The lowest BCUT2D eigenvalue weighted by molar-refractivity contribution is -0.145. The molecule has 0 radical (unpaired) electrons. The van der Waals surface area contributed by atoms with Crippen LogP contribution in [0, 0.1) is 5.92 Å². The monoisotopic (exact) mass is 217 g/mol. The van der Waals surface area contributed by atoms with Crippen molar-refractivity contribution in [2.75, 3.05) is 26.8 Å². The number of esters is 1. The maximum absolute atomic E-state index is 11.2. The van der Waals surface area contributed by atoms with Crippen molar-refractivity contribution < 1.29 is 19.1 Å². The van der Waals surface area contributed by atoms with E-state index in [1.807, 2.05) is 13.8 Å². The van der Waals surface area contributed by atoms with Crippen molar-refractivity contribution >= 4 is 12.1 Å². The molecule has 0 spiro atoms. The topological polar surface area (TPSA) is 55.8 Å². The fourth-order valence-electron chi connectivity index (χ4n) is 0.797. The molecule has 88 valence electrons. The smallest absolute Gasteiger partial charge is 0.410 e. The molecule has 0 heterocycles. The van der Waals surface area contributed by atoms with Gasteiger partial charge in [0.2, 0.25) is 0 Å². The summed E-state index contributed by atoms with van der Waals surface area (Å²) >= 11 is 0. The van der Waals surface area contributed by atoms with Gasteiger partial charge in [0.1, 0.15) is 6.54 Å². The Bertz CT molecular complexity index is 215. The van der Waals surface area contributed by atoms with E-state index >= 15 is 0 Å². The van der Waals surface area contributed by atoms with E-state index in [9.17, 15) is 9.59 Å². The van der Waals surface area contributed by atoms with Crippen molar-refractivity contribution in [2.45, 2.75) is 20.8 Å². The van der Waals surface area contributed by atoms with E-state index in [2.05, 4.69) is 0 Å². The summed E-state index contributed by atoms with van der Waals surface area (Å²) in [6.07, 6.45) is -0.515. The van der Waals surface area contributed by atoms with Crippen LogP contribution in [0.4, 0.5) is 4.79 Å². The lowest BCUT2D eigenvalue weighted by Gasteiger charge is -2.15. The summed E-state index contributed by atoms with van der Waals surface area (Å²) in [6.45, 7) is 6.19. The van der Waals surface area contributed by atoms with Crippen LogP contribution in [0.15, 0.2) is 0 Å². The van der Waals surface area contributed by atoms with Crippen LogP contribution >= 0.6 is 0 Å². The molecule has 0 rings (SSSR count). The second-order valence-corrected chi connectivity index (χ2v) is 3.63. The highest BCUT2D eigenvalue weighted by molar-refractivity contribution is 5.77. The van der Waals surface area contributed by atoms with Gasteiger partial charge in [0, 0.05) is 7.05 Å². The van der Waals surface area contributed by atoms with Crippen molar-refractivity contribution in [2.24, 2.45) is 5.92 Å². The molecule has 0 aliphatic carbocycles. The molecule has 5 heteroatoms. The third-order valence-electron chi connectivity index (χ3n) is 1.52. The van der Waals surface area contributed by atoms with Crippen molar-refractivity contribution in [1.29, 1.82) is 0 Å². The fraction of sp³-hybridized carbons (Fsp3) is 0.800. The van der Waals surface area contributed by atoms with Crippen LogP contribution in [-0.2, 0) is 14.3 Å². The van der Waals surface area contributed by atoms with E-state index in [1.54, 1.807) is 6.92 Å². The predicted octanol–water partition coefficient (Wildman–Crippen LogP) is 1.27. The summed E-state index contributed by atoms with van der Waals surface area (Å²) in [5.41, 5.74) is 0. The number of likely N-dealkylation sites (N-methyl/N-ethyl adjacent to an activating group) is 1. The van der Waals surface area contributed by atoms with Crippen LogP contribution < -0.4 is 0 Å². The molecule has 0 bridgehead atoms. The lowest BCUT2D eigenvalue weighted by Crippen LogP contribution is -2.33. The van der Waals surface area contributed by atoms with Crippen LogP contribution in [0.25, 0.3) is 0 Å². The molecule has 0 saturated heterocycles. The number of carbonyl (C=O) groups excluding carboxylic acids is 2. The first kappa shape index (κ1) is 13.7. The number of amides is 1. The number of hydrogen-bond acceptors (Lipinski definition) is 4. The van der Waals surface area contributed by atoms with E-state index in [1.165, 1.54) is 11.9 Å². The molecule has 0 aliphatic heterocycles. The minimum atomic E-state index is -0.515. The highest BCUT2D eigenvalue weighted by Crippen LogP contribution is 1.95. The SMILES string of the molecule is CCOC(=O)N(C)CC(=O)OCC(C)C. The Morgan fingerprint density at radius 3 is 2.33 bits per heavy atom. The normalized spacial score (nSPS) is 9.93. The maximum Gasteiger partial charge on any atom is 0.410 e. The number of ether oxygens (including phenoxy) is 2. The molecule has 1 amide bonds. The standard InChI is InChI=1S/C10H19NO4/c1-5-14-10(13)11(4)6-9(12)15-7-8(2)3/h8H,5-7H2,1-4H3. The van der Waals surface area contributed by atoms with Gasteiger partial charge in [-0.05, 0) is 12.8 Å². The summed E-state index contributed by atoms with van der Waals surface area (Å²) < 4.78 is 9.62. The van der Waals surface area contributed by atoms with Gasteiger partial charge < -0.3 is 14.4 Å². The fourth-order valence-corrected chi connectivity index (χ4v) is 0.797. The van der Waals surface area contributed by atoms with Gasteiger partial charge in [-0.1, -0.05) is 13.8 Å². The van der Waals surface area contributed by atoms with Crippen molar-refractivity contribution in [1.82, 2.24) is 4.90 Å². The zero-order chi connectivity index (χ0) is 11.8. The van der Waals surface area contributed by atoms with Crippen LogP contribution in [0.2, 0.25) is 0 Å². The molecule has 0 aromatic heterocycles. The average Bonchev–Trinajstić information content (AvgIpc) is 2.15. The first-order valence-corrected chi connectivity index (χ1v) is 5.00. The molecule has 0 N–H and O–H groups in total. The molecule has 0 saturated carbocycles. The summed E-state index contributed by atoms with van der Waals surface area (Å²) in [5.74, 6) is -0.124. The van der Waals surface area contributed by atoms with Gasteiger partial charge >= 0.3 is 12.1 Å². The molecule has 0 unspecified atom stereocenters. The van der Waals surface area contributed by atoms with E-state index in [4.69, 9.17) is 9.47 Å². The molecular weight excluding hydrogens is 198 g/mol. The number of hydrogen-bond donors (Lipinski definition) is 0. The number of nitrogens with zero attached hydrogens (tertiary/aromatic N) is 1. The zero-order valence-electron chi connectivity index (χ0n) is 9.78. The Labute approximate surface area is 90.3 Å². The minimum absolute atomic E-state index is 0.0778. The highest BCUT2D eigenvalue weighted by Gasteiger charge is 2.14. The van der Waals surface area contributed by atoms with Crippen LogP contribution in [0.3, 0.4) is 0 Å². The van der Waals surface area contributed by atoms with Crippen LogP contribution in [0.1, 0.15) is 20.8 Å². The second-order valence-electron chi connectivity index (χ2n) is 3.63. The Balaban J connectivity index is 3.80. The van der Waals surface area contributed by atoms with Crippen LogP contribution in [0.5, 0.6) is 0 Å². The average molecular weight is 217 g/mol. The first-order chi connectivity index (χ1) is 6.97. The van der Waals surface area contributed by atoms with E-state index in [0.29, 0.717) is 19.1 Å². The Kier molecular flexibility index (Phi) is 6.49. The third-order valence-corrected chi connectivity index (χ3v) is 1.52. The van der Waals surface area contributed by atoms with Gasteiger partial charge in [0.05, 0.1) is 13.2 Å². The first-order valence-electron chi connectivity index (χ1n) is 5.00. The summed E-state index contributed by atoms with van der Waals surface area (Å²) in [6, 6.07) is 0. The quantitative estimate of drug-likeness (QED) is 0.651. The van der Waals surface area contributed by atoms with E-state index in [-0.39, 0.29) is 6.54 Å². The molecule has 0 atom stereocenters. The maximum atomic E-state index is 11.2. The lowest BCUT2D eigenvalue weighted by atomic mass is 10.2. The van der Waals surface area contributed by atoms with Crippen molar-refractivity contribution in [3.8, 4) is 0 Å². The molecule has 15 heavy (non-hydrogen) atoms. The Morgan fingerprint density at radius 2 is 1.87 bits per heavy atom. The van der Waals surface area contributed by atoms with Crippen molar-refractivity contribution in [3.63, 3.8) is 0 Å². The largest absolute Gasteiger partial charge is 0.464 e. The van der Waals surface area contributed by atoms with Gasteiger partial charge in [-0.2, -0.15) is 0 Å². The van der Waals surface area contributed by atoms with E-state index in [0.717, 1.165) is 0 Å². The van der Waals surface area contributed by atoms with Gasteiger partial charge in [-0.3, -0.25) is 4.79 Å². The van der Waals surface area contributed by atoms with Gasteiger partial charge in [0.25, 0.3) is 0 Å². The molecule has 0 aliphatic rings. The molecule has 5 nitrogen and oxygen atoms in total. The van der Waals surface area contributed by atoms with Crippen LogP contribution in [-0.4, -0.2) is 43.8 Å². The molecule has 0 aromatic carbocycles. The Hall–Kier alpha value is -1.26. The van der Waals surface area contributed by atoms with Crippen molar-refractivity contribution in [3.05, 3.63) is 0 Å². The summed E-state index contributed by atoms with van der Waals surface area (Å²) in [4.78, 5) is 23.5. The zero-order valence-corrected chi connectivity index (χ0v) is 9.78. The highest BCUT2D eigenvalue weighted by atomic mass is 16.6. The predicted molar refractivity (Wildman–Crippen MR) is 55.4 cm³/mol. The minimum Gasteiger partial charge on any atom is -0.464 e. The summed E-state index contributed by atoms with van der Waals surface area (Å²) in [5, 5.41) is 0. The summed E-state index contributed by atoms with van der Waals surface area (Å²) in [7, 11) is 1.49. The number of rotatable bonds is 5. The van der Waals surface area contributed by atoms with Gasteiger partial charge in [0.15, 0.2) is 0 Å². The number of carbonyl (C=O) groups is 2.